The molecule has 0 aliphatic heterocycles. The molecule has 0 aromatic heterocycles. The van der Waals surface area contributed by atoms with Crippen LogP contribution in [-0.4, -0.2) is 6.61 Å². The van der Waals surface area contributed by atoms with Crippen LogP contribution in [0.25, 0.3) is 0 Å². The van der Waals surface area contributed by atoms with Crippen molar-refractivity contribution in [2.24, 2.45) is 0 Å². The fourth-order valence-electron chi connectivity index (χ4n) is 2.55. The zero-order valence-corrected chi connectivity index (χ0v) is 14.9. The Kier molecular flexibility index (Phi) is 7.47. The highest BCUT2D eigenvalue weighted by Gasteiger charge is 2.12. The fraction of sp³-hybridized carbons (Fsp3) is 0.364. The molecule has 0 unspecified atom stereocenters. The summed E-state index contributed by atoms with van der Waals surface area (Å²) < 4.78 is 32.9. The number of unbranched alkanes of at least 4 members (excludes halogenated alkanes) is 3. The Labute approximate surface area is 149 Å². The number of aryl methyl sites for hydroxylation is 1. The molecule has 2 rings (SSSR count). The van der Waals surface area contributed by atoms with Gasteiger partial charge in [-0.05, 0) is 49.6 Å². The Morgan fingerprint density at radius 2 is 1.60 bits per heavy atom. The van der Waals surface area contributed by atoms with Gasteiger partial charge in [0.25, 0.3) is 0 Å². The maximum absolute atomic E-state index is 14.0. The van der Waals surface area contributed by atoms with Gasteiger partial charge in [-0.25, -0.2) is 4.39 Å². The molecule has 0 radical (unpaired) electrons. The quantitative estimate of drug-likeness (QED) is 0.450. The SMILES string of the molecule is CCCCCCc1ccc(C#Cc2ccc(OCC)c(F)c2F)cc1. The monoisotopic (exact) mass is 342 g/mol. The summed E-state index contributed by atoms with van der Waals surface area (Å²) in [7, 11) is 0. The molecule has 0 saturated heterocycles. The van der Waals surface area contributed by atoms with Crippen LogP contribution in [0, 0.1) is 23.5 Å². The number of halogens is 2. The molecule has 3 heteroatoms. The summed E-state index contributed by atoms with van der Waals surface area (Å²) in [6, 6.07) is 10.8. The number of hydrogen-bond donors (Lipinski definition) is 0. The van der Waals surface area contributed by atoms with Gasteiger partial charge in [-0.2, -0.15) is 4.39 Å². The Morgan fingerprint density at radius 1 is 0.840 bits per heavy atom. The second-order valence-electron chi connectivity index (χ2n) is 5.93. The molecule has 0 aliphatic rings. The van der Waals surface area contributed by atoms with Crippen molar-refractivity contribution >= 4 is 0 Å². The van der Waals surface area contributed by atoms with Crippen molar-refractivity contribution in [3.8, 4) is 17.6 Å². The molecule has 1 nitrogen and oxygen atoms in total. The molecular weight excluding hydrogens is 318 g/mol. The van der Waals surface area contributed by atoms with Crippen LogP contribution in [0.4, 0.5) is 8.78 Å². The maximum Gasteiger partial charge on any atom is 0.201 e. The van der Waals surface area contributed by atoms with Gasteiger partial charge in [0.1, 0.15) is 0 Å². The van der Waals surface area contributed by atoms with Crippen LogP contribution in [-0.2, 0) is 6.42 Å². The molecule has 0 aliphatic carbocycles. The van der Waals surface area contributed by atoms with Gasteiger partial charge in [0.05, 0.1) is 12.2 Å². The van der Waals surface area contributed by atoms with E-state index < -0.39 is 11.6 Å². The predicted octanol–water partition coefficient (Wildman–Crippen LogP) is 5.89. The Bertz CT molecular complexity index is 739. The predicted molar refractivity (Wildman–Crippen MR) is 97.8 cm³/mol. The highest BCUT2D eigenvalue weighted by Crippen LogP contribution is 2.22. The molecule has 0 fully saturated rings. The first-order valence-corrected chi connectivity index (χ1v) is 8.87. The molecule has 25 heavy (non-hydrogen) atoms. The topological polar surface area (TPSA) is 9.23 Å². The van der Waals surface area contributed by atoms with E-state index in [2.05, 4.69) is 18.8 Å². The van der Waals surface area contributed by atoms with Gasteiger partial charge in [0.15, 0.2) is 11.6 Å². The third kappa shape index (κ3) is 5.60. The molecule has 2 aromatic rings. The summed E-state index contributed by atoms with van der Waals surface area (Å²) in [5.41, 5.74) is 2.09. The van der Waals surface area contributed by atoms with Gasteiger partial charge < -0.3 is 4.74 Å². The van der Waals surface area contributed by atoms with Gasteiger partial charge in [0.2, 0.25) is 5.82 Å². The molecule has 0 atom stereocenters. The minimum absolute atomic E-state index is 0.0320. The fourth-order valence-corrected chi connectivity index (χ4v) is 2.55. The van der Waals surface area contributed by atoms with Crippen molar-refractivity contribution in [2.75, 3.05) is 6.61 Å². The third-order valence-electron chi connectivity index (χ3n) is 3.96. The number of hydrogen-bond acceptors (Lipinski definition) is 1. The van der Waals surface area contributed by atoms with Crippen molar-refractivity contribution in [3.63, 3.8) is 0 Å². The van der Waals surface area contributed by atoms with E-state index in [1.807, 2.05) is 24.3 Å². The van der Waals surface area contributed by atoms with Crippen molar-refractivity contribution in [1.29, 1.82) is 0 Å². The summed E-state index contributed by atoms with van der Waals surface area (Å²) in [6.45, 7) is 4.21. The van der Waals surface area contributed by atoms with E-state index in [9.17, 15) is 8.78 Å². The van der Waals surface area contributed by atoms with Crippen LogP contribution < -0.4 is 4.74 Å². The van der Waals surface area contributed by atoms with Gasteiger partial charge in [-0.15, -0.1) is 0 Å². The molecule has 0 heterocycles. The molecule has 0 amide bonds. The lowest BCUT2D eigenvalue weighted by molar-refractivity contribution is 0.314. The van der Waals surface area contributed by atoms with Crippen LogP contribution in [0.3, 0.4) is 0 Å². The van der Waals surface area contributed by atoms with Gasteiger partial charge in [0, 0.05) is 5.56 Å². The zero-order chi connectivity index (χ0) is 18.1. The van der Waals surface area contributed by atoms with E-state index in [0.29, 0.717) is 0 Å². The first kappa shape index (κ1) is 19.0. The minimum atomic E-state index is -0.990. The van der Waals surface area contributed by atoms with E-state index in [1.165, 1.54) is 43.4 Å². The normalized spacial score (nSPS) is 10.2. The summed E-state index contributed by atoms with van der Waals surface area (Å²) in [5.74, 6) is 3.54. The van der Waals surface area contributed by atoms with Crippen LogP contribution in [0.1, 0.15) is 56.2 Å². The molecule has 0 spiro atoms. The summed E-state index contributed by atoms with van der Waals surface area (Å²) in [6.07, 6.45) is 6.01. The van der Waals surface area contributed by atoms with E-state index in [-0.39, 0.29) is 17.9 Å². The minimum Gasteiger partial charge on any atom is -0.491 e. The largest absolute Gasteiger partial charge is 0.491 e. The van der Waals surface area contributed by atoms with Crippen LogP contribution in [0.15, 0.2) is 36.4 Å². The second kappa shape index (κ2) is 9.84. The molecular formula is C22H24F2O. The molecule has 0 bridgehead atoms. The Morgan fingerprint density at radius 3 is 2.28 bits per heavy atom. The van der Waals surface area contributed by atoms with E-state index in [4.69, 9.17) is 4.74 Å². The highest BCUT2D eigenvalue weighted by atomic mass is 19.2. The number of benzene rings is 2. The Hall–Kier alpha value is -2.34. The van der Waals surface area contributed by atoms with Crippen LogP contribution in [0.2, 0.25) is 0 Å². The molecule has 132 valence electrons. The maximum atomic E-state index is 14.0. The summed E-state index contributed by atoms with van der Waals surface area (Å²) >= 11 is 0. The lowest BCUT2D eigenvalue weighted by atomic mass is 10.0. The second-order valence-corrected chi connectivity index (χ2v) is 5.93. The average Bonchev–Trinajstić information content (AvgIpc) is 2.63. The number of ether oxygens (including phenoxy) is 1. The first-order chi connectivity index (χ1) is 12.2. The van der Waals surface area contributed by atoms with Gasteiger partial charge in [-0.1, -0.05) is 50.2 Å². The van der Waals surface area contributed by atoms with Crippen molar-refractivity contribution in [1.82, 2.24) is 0 Å². The summed E-state index contributed by atoms with van der Waals surface area (Å²) in [4.78, 5) is 0. The zero-order valence-electron chi connectivity index (χ0n) is 14.9. The van der Waals surface area contributed by atoms with Gasteiger partial charge in [-0.3, -0.25) is 0 Å². The van der Waals surface area contributed by atoms with Crippen molar-refractivity contribution in [2.45, 2.75) is 46.0 Å². The smallest absolute Gasteiger partial charge is 0.201 e. The van der Waals surface area contributed by atoms with Gasteiger partial charge >= 0.3 is 0 Å². The van der Waals surface area contributed by atoms with E-state index >= 15 is 0 Å². The van der Waals surface area contributed by atoms with E-state index in [1.54, 1.807) is 6.92 Å². The lowest BCUT2D eigenvalue weighted by Gasteiger charge is -2.05. The molecule has 0 saturated carbocycles. The van der Waals surface area contributed by atoms with Crippen molar-refractivity contribution < 1.29 is 13.5 Å². The average molecular weight is 342 g/mol. The lowest BCUT2D eigenvalue weighted by Crippen LogP contribution is -1.98. The van der Waals surface area contributed by atoms with Crippen molar-refractivity contribution in [3.05, 3.63) is 64.7 Å². The van der Waals surface area contributed by atoms with Crippen LogP contribution in [0.5, 0.6) is 5.75 Å². The standard InChI is InChI=1S/C22H24F2O/c1-3-5-6-7-8-17-9-11-18(12-10-17)13-14-19-15-16-20(25-4-2)22(24)21(19)23/h9-12,15-16H,3-8H2,1-2H3. The Balaban J connectivity index is 2.04. The molecule has 0 N–H and O–H groups in total. The number of rotatable bonds is 7. The van der Waals surface area contributed by atoms with E-state index in [0.717, 1.165) is 12.0 Å². The third-order valence-corrected chi connectivity index (χ3v) is 3.96. The van der Waals surface area contributed by atoms with Crippen LogP contribution >= 0.6 is 0 Å². The highest BCUT2D eigenvalue weighted by molar-refractivity contribution is 5.46. The summed E-state index contributed by atoms with van der Waals surface area (Å²) in [5, 5.41) is 0. The molecule has 2 aromatic carbocycles. The first-order valence-electron chi connectivity index (χ1n) is 8.87.